The van der Waals surface area contributed by atoms with Crippen LogP contribution in [0.1, 0.15) is 65.5 Å². The average Bonchev–Trinajstić information content (AvgIpc) is 2.93. The molecule has 8 heteroatoms. The minimum absolute atomic E-state index is 0.515. The smallest absolute Gasteiger partial charge is 0.217 e. The number of nitrogens with one attached hydrogen (secondary N) is 1. The monoisotopic (exact) mass is 516 g/mol. The molecule has 0 bridgehead atoms. The van der Waals surface area contributed by atoms with Crippen LogP contribution < -0.4 is 21.1 Å². The third-order valence-electron chi connectivity index (χ3n) is 5.32. The van der Waals surface area contributed by atoms with E-state index in [0.29, 0.717) is 24.0 Å². The van der Waals surface area contributed by atoms with Gasteiger partial charge < -0.3 is 31.3 Å². The number of nitrogen functional groups attached to an aromatic ring is 2. The van der Waals surface area contributed by atoms with Gasteiger partial charge in [-0.15, -0.1) is 0 Å². The number of aromatic nitrogens is 1. The Kier molecular flexibility index (Phi) is 19.6. The molecule has 8 nitrogen and oxygen atoms in total. The lowest BCUT2D eigenvalue weighted by Gasteiger charge is -2.26. The fourth-order valence-corrected chi connectivity index (χ4v) is 3.60. The first kappa shape index (κ1) is 34.2. The standard InChI is InChI=1S/C17H30N4O2.C8H10N2.2C2H6/c1-3-5-21(6-4-2)15-13-16(18)19-17(14-15)23-12-9-20-7-10-22-11-8-20;1-6-2-3-8(10)7(4-6)5-9;2*1-2/h13-14H,3-12H2,1-2H3,(H2,18,19);2-5,9H,10H2,1H3;2*1-2H3. The van der Waals surface area contributed by atoms with Crippen LogP contribution in [0, 0.1) is 12.3 Å². The summed E-state index contributed by atoms with van der Waals surface area (Å²) in [5, 5.41) is 6.98. The van der Waals surface area contributed by atoms with Crippen molar-refractivity contribution in [2.75, 3.05) is 68.9 Å². The van der Waals surface area contributed by atoms with Gasteiger partial charge in [0.05, 0.1) is 13.2 Å². The Morgan fingerprint density at radius 2 is 1.65 bits per heavy atom. The summed E-state index contributed by atoms with van der Waals surface area (Å²) in [6, 6.07) is 9.57. The van der Waals surface area contributed by atoms with Gasteiger partial charge in [-0.3, -0.25) is 4.90 Å². The first-order valence-electron chi connectivity index (χ1n) is 13.8. The van der Waals surface area contributed by atoms with Crippen molar-refractivity contribution in [1.29, 1.82) is 5.41 Å². The zero-order valence-electron chi connectivity index (χ0n) is 24.3. The summed E-state index contributed by atoms with van der Waals surface area (Å²) < 4.78 is 11.2. The van der Waals surface area contributed by atoms with E-state index < -0.39 is 0 Å². The normalized spacial score (nSPS) is 12.5. The summed E-state index contributed by atoms with van der Waals surface area (Å²) in [7, 11) is 0. The van der Waals surface area contributed by atoms with Gasteiger partial charge in [-0.05, 0) is 31.9 Å². The highest BCUT2D eigenvalue weighted by Crippen LogP contribution is 2.23. The molecule has 1 aromatic heterocycles. The van der Waals surface area contributed by atoms with Crippen molar-refractivity contribution in [2.45, 2.75) is 61.3 Å². The van der Waals surface area contributed by atoms with Gasteiger partial charge in [0.2, 0.25) is 5.88 Å². The number of hydrogen-bond donors (Lipinski definition) is 3. The van der Waals surface area contributed by atoms with E-state index in [2.05, 4.69) is 28.6 Å². The molecule has 0 unspecified atom stereocenters. The van der Waals surface area contributed by atoms with Crippen molar-refractivity contribution in [3.63, 3.8) is 0 Å². The highest BCUT2D eigenvalue weighted by molar-refractivity contribution is 5.85. The van der Waals surface area contributed by atoms with E-state index in [1.54, 1.807) is 0 Å². The van der Waals surface area contributed by atoms with Gasteiger partial charge in [0.25, 0.3) is 0 Å². The molecule has 2 aromatic rings. The molecule has 1 aliphatic rings. The molecule has 0 radical (unpaired) electrons. The van der Waals surface area contributed by atoms with Crippen molar-refractivity contribution >= 4 is 23.4 Å². The summed E-state index contributed by atoms with van der Waals surface area (Å²) in [5.74, 6) is 1.13. The Morgan fingerprint density at radius 1 is 1.03 bits per heavy atom. The van der Waals surface area contributed by atoms with Gasteiger partial charge in [0.1, 0.15) is 12.4 Å². The molecule has 210 valence electrons. The van der Waals surface area contributed by atoms with E-state index in [9.17, 15) is 0 Å². The topological polar surface area (TPSA) is 114 Å². The minimum atomic E-state index is 0.515. The molecule has 37 heavy (non-hydrogen) atoms. The Balaban J connectivity index is 0.000000771. The molecule has 5 N–H and O–H groups in total. The van der Waals surface area contributed by atoms with E-state index >= 15 is 0 Å². The van der Waals surface area contributed by atoms with E-state index in [4.69, 9.17) is 26.4 Å². The van der Waals surface area contributed by atoms with Crippen LogP contribution in [0.4, 0.5) is 17.2 Å². The van der Waals surface area contributed by atoms with E-state index in [-0.39, 0.29) is 0 Å². The molecule has 0 atom stereocenters. The molecule has 1 saturated heterocycles. The number of pyridine rings is 1. The number of hydrogen-bond acceptors (Lipinski definition) is 8. The summed E-state index contributed by atoms with van der Waals surface area (Å²) in [6.45, 7) is 21.5. The van der Waals surface area contributed by atoms with Crippen molar-refractivity contribution in [3.8, 4) is 5.88 Å². The number of nitrogens with two attached hydrogens (primary N) is 2. The molecule has 0 saturated carbocycles. The van der Waals surface area contributed by atoms with Crippen molar-refractivity contribution in [3.05, 3.63) is 41.5 Å². The second kappa shape index (κ2) is 21.3. The third kappa shape index (κ3) is 13.9. The van der Waals surface area contributed by atoms with Crippen LogP contribution in [-0.2, 0) is 4.74 Å². The fourth-order valence-electron chi connectivity index (χ4n) is 3.60. The molecule has 0 spiro atoms. The zero-order valence-corrected chi connectivity index (χ0v) is 24.3. The third-order valence-corrected chi connectivity index (χ3v) is 5.32. The van der Waals surface area contributed by atoms with Crippen LogP contribution in [0.15, 0.2) is 30.3 Å². The Morgan fingerprint density at radius 3 is 2.19 bits per heavy atom. The zero-order chi connectivity index (χ0) is 28.1. The number of anilines is 3. The van der Waals surface area contributed by atoms with Crippen LogP contribution in [0.3, 0.4) is 0 Å². The molecule has 1 aromatic carbocycles. The second-order valence-corrected chi connectivity index (χ2v) is 8.15. The predicted molar refractivity (Wildman–Crippen MR) is 160 cm³/mol. The second-order valence-electron chi connectivity index (χ2n) is 8.15. The van der Waals surface area contributed by atoms with E-state index in [1.165, 1.54) is 6.21 Å². The van der Waals surface area contributed by atoms with Crippen molar-refractivity contribution in [1.82, 2.24) is 9.88 Å². The highest BCUT2D eigenvalue weighted by atomic mass is 16.5. The number of benzene rings is 1. The Labute approximate surface area is 225 Å². The van der Waals surface area contributed by atoms with Gasteiger partial charge in [-0.2, -0.15) is 4.98 Å². The molecular formula is C29H52N6O2. The molecule has 1 aliphatic heterocycles. The van der Waals surface area contributed by atoms with E-state index in [1.807, 2.05) is 65.0 Å². The van der Waals surface area contributed by atoms with Crippen LogP contribution >= 0.6 is 0 Å². The van der Waals surface area contributed by atoms with Crippen LogP contribution in [-0.4, -0.2) is 68.6 Å². The first-order chi connectivity index (χ1) is 18.0. The SMILES string of the molecule is CC.CC.CCCN(CCC)c1cc(N)nc(OCCN2CCOCC2)c1.Cc1ccc(N)c(C=N)c1. The lowest BCUT2D eigenvalue weighted by atomic mass is 10.1. The van der Waals surface area contributed by atoms with Gasteiger partial charge in [-0.25, -0.2) is 0 Å². The number of aryl methyl sites for hydroxylation is 1. The van der Waals surface area contributed by atoms with Crippen LogP contribution in [0.5, 0.6) is 5.88 Å². The average molecular weight is 517 g/mol. The maximum atomic E-state index is 6.98. The summed E-state index contributed by atoms with van der Waals surface area (Å²) >= 11 is 0. The predicted octanol–water partition coefficient (Wildman–Crippen LogP) is 5.63. The molecule has 2 heterocycles. The number of nitrogens with zero attached hydrogens (tertiary/aromatic N) is 3. The molecule has 1 fully saturated rings. The first-order valence-corrected chi connectivity index (χ1v) is 13.8. The number of rotatable bonds is 10. The largest absolute Gasteiger partial charge is 0.476 e. The minimum Gasteiger partial charge on any atom is -0.476 e. The lowest BCUT2D eigenvalue weighted by Crippen LogP contribution is -2.38. The quantitative estimate of drug-likeness (QED) is 0.277. The van der Waals surface area contributed by atoms with Gasteiger partial charge >= 0.3 is 0 Å². The summed E-state index contributed by atoms with van der Waals surface area (Å²) in [4.78, 5) is 8.99. The summed E-state index contributed by atoms with van der Waals surface area (Å²) in [6.07, 6.45) is 3.48. The van der Waals surface area contributed by atoms with Crippen LogP contribution in [0.2, 0.25) is 0 Å². The fraction of sp³-hybridized carbons (Fsp3) is 0.586. The molecule has 3 rings (SSSR count). The Hall–Kier alpha value is -2.84. The Bertz CT molecular complexity index is 850. The van der Waals surface area contributed by atoms with E-state index in [0.717, 1.165) is 75.6 Å². The van der Waals surface area contributed by atoms with Gasteiger partial charge in [0.15, 0.2) is 0 Å². The van der Waals surface area contributed by atoms with Gasteiger partial charge in [0, 0.05) is 68.0 Å². The molecule has 0 amide bonds. The maximum absolute atomic E-state index is 6.98. The summed E-state index contributed by atoms with van der Waals surface area (Å²) in [5.41, 5.74) is 15.2. The van der Waals surface area contributed by atoms with Gasteiger partial charge in [-0.1, -0.05) is 53.2 Å². The van der Waals surface area contributed by atoms with Crippen LogP contribution in [0.25, 0.3) is 0 Å². The number of morpholine rings is 1. The van der Waals surface area contributed by atoms with Crippen molar-refractivity contribution < 1.29 is 9.47 Å². The maximum Gasteiger partial charge on any atom is 0.217 e. The number of ether oxygens (including phenoxy) is 2. The highest BCUT2D eigenvalue weighted by Gasteiger charge is 2.12. The molecule has 0 aliphatic carbocycles. The van der Waals surface area contributed by atoms with Crippen molar-refractivity contribution in [2.24, 2.45) is 0 Å². The molecular weight excluding hydrogens is 464 g/mol. The lowest BCUT2D eigenvalue weighted by molar-refractivity contribution is 0.0320.